The predicted molar refractivity (Wildman–Crippen MR) is 115 cm³/mol. The molecule has 0 amide bonds. The fourth-order valence-electron chi connectivity index (χ4n) is 3.33. The summed E-state index contributed by atoms with van der Waals surface area (Å²) < 4.78 is 16.5. The Morgan fingerprint density at radius 2 is 1.93 bits per heavy atom. The van der Waals surface area contributed by atoms with Crippen LogP contribution in [0.1, 0.15) is 25.1 Å². The minimum Gasteiger partial charge on any atom is -0.504 e. The van der Waals surface area contributed by atoms with Gasteiger partial charge in [-0.05, 0) is 30.7 Å². The van der Waals surface area contributed by atoms with Crippen molar-refractivity contribution in [2.24, 2.45) is 4.36 Å². The van der Waals surface area contributed by atoms with Crippen molar-refractivity contribution in [2.75, 3.05) is 18.6 Å². The van der Waals surface area contributed by atoms with Crippen LogP contribution >= 0.6 is 11.6 Å². The maximum Gasteiger partial charge on any atom is 0.224 e. The number of phenolic OH excluding ortho intramolecular Hbond substituents is 1. The van der Waals surface area contributed by atoms with Crippen molar-refractivity contribution >= 4 is 38.6 Å². The number of halogens is 1. The van der Waals surface area contributed by atoms with Gasteiger partial charge in [0.15, 0.2) is 5.75 Å². The van der Waals surface area contributed by atoms with Gasteiger partial charge in [-0.2, -0.15) is 0 Å². The van der Waals surface area contributed by atoms with Gasteiger partial charge in [-0.1, -0.05) is 24.6 Å². The molecular formula is C20H23ClN4O4S. The lowest BCUT2D eigenvalue weighted by Crippen LogP contribution is -2.67. The van der Waals surface area contributed by atoms with Gasteiger partial charge in [-0.3, -0.25) is 19.9 Å². The molecule has 1 heterocycles. The molecule has 3 unspecified atom stereocenters. The molecule has 4 atom stereocenters. The SMILES string of the molecule is CC[C@@H](NC1C(=O)C(=O)C1Nc1ccc(Cl)c(S(C)(=O)=NC)c1O)c1ccccn1. The zero-order valence-corrected chi connectivity index (χ0v) is 18.3. The number of hydrogen-bond donors (Lipinski definition) is 3. The minimum atomic E-state index is -2.93. The first-order chi connectivity index (χ1) is 14.2. The molecule has 3 N–H and O–H groups in total. The highest BCUT2D eigenvalue weighted by molar-refractivity contribution is 7.93. The van der Waals surface area contributed by atoms with E-state index in [2.05, 4.69) is 20.0 Å². The number of pyridine rings is 1. The first-order valence-electron chi connectivity index (χ1n) is 9.34. The van der Waals surface area contributed by atoms with Gasteiger partial charge in [0.05, 0.1) is 26.1 Å². The first-order valence-corrected chi connectivity index (χ1v) is 11.6. The van der Waals surface area contributed by atoms with E-state index in [4.69, 9.17) is 11.6 Å². The topological polar surface area (TPSA) is 121 Å². The fraction of sp³-hybridized carbons (Fsp3) is 0.350. The average molecular weight is 451 g/mol. The number of carbonyl (C=O) groups excluding carboxylic acids is 2. The molecule has 1 aromatic heterocycles. The quantitative estimate of drug-likeness (QED) is 0.437. The largest absolute Gasteiger partial charge is 0.504 e. The molecule has 1 fully saturated rings. The van der Waals surface area contributed by atoms with Crippen LogP contribution in [0.3, 0.4) is 0 Å². The van der Waals surface area contributed by atoms with Crippen LogP contribution in [-0.4, -0.2) is 51.3 Å². The molecule has 3 rings (SSSR count). The molecular weight excluding hydrogens is 428 g/mol. The third-order valence-electron chi connectivity index (χ3n) is 5.10. The summed E-state index contributed by atoms with van der Waals surface area (Å²) in [4.78, 5) is 28.8. The Morgan fingerprint density at radius 3 is 2.53 bits per heavy atom. The number of hydrogen-bond acceptors (Lipinski definition) is 8. The van der Waals surface area contributed by atoms with Crippen molar-refractivity contribution in [3.05, 3.63) is 47.2 Å². The zero-order valence-electron chi connectivity index (χ0n) is 16.8. The van der Waals surface area contributed by atoms with E-state index in [0.29, 0.717) is 6.42 Å². The highest BCUT2D eigenvalue weighted by Gasteiger charge is 2.50. The Hall–Kier alpha value is -2.49. The van der Waals surface area contributed by atoms with Crippen LogP contribution in [0.15, 0.2) is 45.8 Å². The molecule has 1 aromatic carbocycles. The van der Waals surface area contributed by atoms with E-state index in [0.717, 1.165) is 5.69 Å². The van der Waals surface area contributed by atoms with Gasteiger partial charge in [0.1, 0.15) is 17.0 Å². The Bertz CT molecular complexity index is 1100. The summed E-state index contributed by atoms with van der Waals surface area (Å²) in [6.45, 7) is 1.95. The van der Waals surface area contributed by atoms with Crippen LogP contribution in [0.4, 0.5) is 5.69 Å². The van der Waals surface area contributed by atoms with Gasteiger partial charge in [0.2, 0.25) is 11.6 Å². The highest BCUT2D eigenvalue weighted by atomic mass is 35.5. The highest BCUT2D eigenvalue weighted by Crippen LogP contribution is 2.38. The molecule has 0 radical (unpaired) electrons. The Kier molecular flexibility index (Phi) is 6.44. The summed E-state index contributed by atoms with van der Waals surface area (Å²) in [5.41, 5.74) is 0.911. The number of carbonyl (C=O) groups is 2. The second kappa shape index (κ2) is 8.71. The normalized spacial score (nSPS) is 21.5. The smallest absolute Gasteiger partial charge is 0.224 e. The van der Waals surface area contributed by atoms with E-state index in [1.807, 2.05) is 19.1 Å². The van der Waals surface area contributed by atoms with Crippen LogP contribution < -0.4 is 10.6 Å². The van der Waals surface area contributed by atoms with Gasteiger partial charge in [0, 0.05) is 25.5 Å². The van der Waals surface area contributed by atoms with Crippen LogP contribution in [0.2, 0.25) is 5.02 Å². The van der Waals surface area contributed by atoms with Crippen LogP contribution in [0.5, 0.6) is 5.75 Å². The van der Waals surface area contributed by atoms with E-state index in [1.165, 1.54) is 25.4 Å². The number of anilines is 1. The monoisotopic (exact) mass is 450 g/mol. The summed E-state index contributed by atoms with van der Waals surface area (Å²) in [6, 6.07) is 6.53. The van der Waals surface area contributed by atoms with Crippen molar-refractivity contribution in [1.29, 1.82) is 0 Å². The van der Waals surface area contributed by atoms with Crippen molar-refractivity contribution < 1.29 is 18.9 Å². The number of nitrogens with zero attached hydrogens (tertiary/aromatic N) is 2. The van der Waals surface area contributed by atoms with E-state index >= 15 is 0 Å². The number of Topliss-reactive ketones (excluding diaryl/α,β-unsaturated/α-hetero) is 2. The second-order valence-corrected chi connectivity index (χ2v) is 9.75. The van der Waals surface area contributed by atoms with Crippen molar-refractivity contribution in [2.45, 2.75) is 36.4 Å². The fourth-order valence-corrected chi connectivity index (χ4v) is 4.99. The number of rotatable bonds is 7. The molecule has 0 aliphatic heterocycles. The Balaban J connectivity index is 1.87. The van der Waals surface area contributed by atoms with Crippen molar-refractivity contribution in [1.82, 2.24) is 10.3 Å². The van der Waals surface area contributed by atoms with Crippen molar-refractivity contribution in [3.8, 4) is 5.75 Å². The molecule has 8 nitrogen and oxygen atoms in total. The van der Waals surface area contributed by atoms with Gasteiger partial charge >= 0.3 is 0 Å². The number of phenols is 1. The Morgan fingerprint density at radius 1 is 1.23 bits per heavy atom. The van der Waals surface area contributed by atoms with E-state index in [-0.39, 0.29) is 27.4 Å². The first kappa shape index (κ1) is 22.2. The molecule has 1 aliphatic rings. The maximum absolute atomic E-state index is 12.7. The summed E-state index contributed by atoms with van der Waals surface area (Å²) in [7, 11) is -1.56. The van der Waals surface area contributed by atoms with E-state index in [1.54, 1.807) is 12.3 Å². The predicted octanol–water partition coefficient (Wildman–Crippen LogP) is 2.57. The average Bonchev–Trinajstić information content (AvgIpc) is 2.74. The van der Waals surface area contributed by atoms with Crippen molar-refractivity contribution in [3.63, 3.8) is 0 Å². The van der Waals surface area contributed by atoms with Crippen LogP contribution in [-0.2, 0) is 19.3 Å². The number of aromatic nitrogens is 1. The molecule has 10 heteroatoms. The Labute approximate surface area is 180 Å². The number of aromatic hydroxyl groups is 1. The van der Waals surface area contributed by atoms with E-state index in [9.17, 15) is 18.9 Å². The maximum atomic E-state index is 12.7. The second-order valence-electron chi connectivity index (χ2n) is 6.97. The molecule has 160 valence electrons. The molecule has 1 aliphatic carbocycles. The van der Waals surface area contributed by atoms with Gasteiger partial charge in [-0.25, -0.2) is 8.57 Å². The third-order valence-corrected chi connectivity index (χ3v) is 7.39. The number of nitrogens with one attached hydrogen (secondary N) is 2. The lowest BCUT2D eigenvalue weighted by molar-refractivity contribution is -0.145. The molecule has 0 spiro atoms. The van der Waals surface area contributed by atoms with Gasteiger partial charge in [0.25, 0.3) is 0 Å². The van der Waals surface area contributed by atoms with Gasteiger partial charge < -0.3 is 10.4 Å². The number of benzene rings is 1. The third kappa shape index (κ3) is 4.05. The zero-order chi connectivity index (χ0) is 22.1. The number of ketones is 2. The van der Waals surface area contributed by atoms with Crippen LogP contribution in [0, 0.1) is 0 Å². The van der Waals surface area contributed by atoms with Gasteiger partial charge in [-0.15, -0.1) is 0 Å². The molecule has 0 bridgehead atoms. The minimum absolute atomic E-state index is 0.0146. The summed E-state index contributed by atoms with van der Waals surface area (Å²) in [6.07, 6.45) is 3.68. The van der Waals surface area contributed by atoms with Crippen LogP contribution in [0.25, 0.3) is 0 Å². The molecule has 2 aromatic rings. The van der Waals surface area contributed by atoms with E-state index < -0.39 is 33.4 Å². The standard InChI is InChI=1S/C20H23ClN4O4S/c1-4-12(13-7-5-6-10-23-13)24-15-16(19(28)18(15)27)25-14-9-8-11(21)20(17(14)26)30(3,29)22-2/h5-10,12,15-16,24-26H,4H2,1-3H3/t12-,15?,16?,30?/m1/s1. The molecule has 30 heavy (non-hydrogen) atoms. The summed E-state index contributed by atoms with van der Waals surface area (Å²) >= 11 is 6.12. The molecule has 0 saturated heterocycles. The lowest BCUT2D eigenvalue weighted by atomic mass is 9.82. The molecule has 1 saturated carbocycles. The lowest BCUT2D eigenvalue weighted by Gasteiger charge is -2.37. The summed E-state index contributed by atoms with van der Waals surface area (Å²) in [5.74, 6) is -1.50. The summed E-state index contributed by atoms with van der Waals surface area (Å²) in [5, 5.41) is 16.8.